The Morgan fingerprint density at radius 2 is 1.82 bits per heavy atom. The van der Waals surface area contributed by atoms with Crippen LogP contribution in [0.15, 0.2) is 66.9 Å². The number of rotatable bonds is 5. The zero-order chi connectivity index (χ0) is 26.1. The van der Waals surface area contributed by atoms with E-state index in [1.54, 1.807) is 6.20 Å². The molecule has 3 heterocycles. The number of pyridine rings is 1. The fraction of sp³-hybridized carbons (Fsp3) is 0.310. The number of nitrogens with one attached hydrogen (secondary N) is 1. The predicted octanol–water partition coefficient (Wildman–Crippen LogP) is 5.46. The molecule has 7 nitrogen and oxygen atoms in total. The Hall–Kier alpha value is -3.78. The molecular formula is C29H27ClFN5O2. The topological polar surface area (TPSA) is 81.9 Å². The van der Waals surface area contributed by atoms with Crippen molar-refractivity contribution in [3.63, 3.8) is 0 Å². The Kier molecular flexibility index (Phi) is 6.81. The van der Waals surface area contributed by atoms with Crippen molar-refractivity contribution < 1.29 is 13.9 Å². The van der Waals surface area contributed by atoms with Crippen molar-refractivity contribution in [1.82, 2.24) is 25.1 Å². The first kappa shape index (κ1) is 24.6. The van der Waals surface area contributed by atoms with Crippen molar-refractivity contribution in [1.29, 1.82) is 0 Å². The molecule has 0 saturated heterocycles. The van der Waals surface area contributed by atoms with Gasteiger partial charge in [0.15, 0.2) is 0 Å². The third kappa shape index (κ3) is 5.13. The van der Waals surface area contributed by atoms with Gasteiger partial charge < -0.3 is 10.1 Å². The Morgan fingerprint density at radius 1 is 1.00 bits per heavy atom. The van der Waals surface area contributed by atoms with Crippen LogP contribution in [-0.2, 0) is 12.8 Å². The van der Waals surface area contributed by atoms with Crippen LogP contribution in [-0.4, -0.2) is 37.8 Å². The van der Waals surface area contributed by atoms with Crippen molar-refractivity contribution in [2.45, 2.75) is 56.6 Å². The van der Waals surface area contributed by atoms with Crippen molar-refractivity contribution in [3.8, 4) is 11.6 Å². The van der Waals surface area contributed by atoms with Crippen LogP contribution in [0.5, 0.6) is 5.88 Å². The van der Waals surface area contributed by atoms with Crippen LogP contribution in [0.3, 0.4) is 0 Å². The molecule has 0 unspecified atom stereocenters. The average molecular weight is 532 g/mol. The summed E-state index contributed by atoms with van der Waals surface area (Å²) in [6.45, 7) is 0. The lowest BCUT2D eigenvalue weighted by molar-refractivity contribution is 0.0936. The minimum absolute atomic E-state index is 0.129. The first-order valence-electron chi connectivity index (χ1n) is 12.9. The summed E-state index contributed by atoms with van der Waals surface area (Å²) in [4.78, 5) is 17.2. The zero-order valence-electron chi connectivity index (χ0n) is 20.7. The molecule has 0 radical (unpaired) electrons. The van der Waals surface area contributed by atoms with E-state index in [9.17, 15) is 9.18 Å². The molecule has 4 aromatic rings. The molecular weight excluding hydrogens is 505 g/mol. The molecule has 1 amide bonds. The predicted molar refractivity (Wildman–Crippen MR) is 141 cm³/mol. The molecule has 194 valence electrons. The number of halogens is 2. The average Bonchev–Trinajstić information content (AvgIpc) is 3.26. The fourth-order valence-electron chi connectivity index (χ4n) is 5.48. The molecule has 6 rings (SSSR count). The zero-order valence-corrected chi connectivity index (χ0v) is 21.4. The highest BCUT2D eigenvalue weighted by atomic mass is 35.5. The summed E-state index contributed by atoms with van der Waals surface area (Å²) in [6, 6.07) is 16.9. The van der Waals surface area contributed by atoms with Gasteiger partial charge in [-0.3, -0.25) is 9.36 Å². The monoisotopic (exact) mass is 531 g/mol. The molecule has 38 heavy (non-hydrogen) atoms. The number of nitrogens with zero attached hydrogens (tertiary/aromatic N) is 4. The van der Waals surface area contributed by atoms with Gasteiger partial charge in [-0.1, -0.05) is 17.7 Å². The van der Waals surface area contributed by atoms with Gasteiger partial charge in [0.25, 0.3) is 5.91 Å². The van der Waals surface area contributed by atoms with Crippen LogP contribution < -0.4 is 10.1 Å². The minimum Gasteiger partial charge on any atom is -0.474 e. The Balaban J connectivity index is 1.23. The molecule has 0 spiro atoms. The smallest absolute Gasteiger partial charge is 0.251 e. The number of hydrogen-bond donors (Lipinski definition) is 1. The quantitative estimate of drug-likeness (QED) is 0.370. The molecule has 1 atom stereocenters. The van der Waals surface area contributed by atoms with Crippen molar-refractivity contribution in [2.75, 3.05) is 0 Å². The Bertz CT molecular complexity index is 1440. The number of carbonyl (C=O) groups excluding carboxylic acids is 1. The molecule has 2 aromatic heterocycles. The maximum atomic E-state index is 13.3. The van der Waals surface area contributed by atoms with Crippen LogP contribution in [0.2, 0.25) is 5.02 Å². The molecule has 2 aromatic carbocycles. The highest BCUT2D eigenvalue weighted by Gasteiger charge is 2.32. The summed E-state index contributed by atoms with van der Waals surface area (Å²) in [5, 5.41) is 13.0. The van der Waals surface area contributed by atoms with E-state index in [2.05, 4.69) is 25.1 Å². The van der Waals surface area contributed by atoms with Gasteiger partial charge in [0.2, 0.25) is 5.88 Å². The summed E-state index contributed by atoms with van der Waals surface area (Å²) >= 11 is 6.38. The summed E-state index contributed by atoms with van der Waals surface area (Å²) in [7, 11) is 0. The molecule has 1 aliphatic carbocycles. The molecule has 1 saturated carbocycles. The van der Waals surface area contributed by atoms with Gasteiger partial charge in [-0.25, -0.2) is 9.37 Å². The van der Waals surface area contributed by atoms with Crippen LogP contribution in [0, 0.1) is 5.82 Å². The van der Waals surface area contributed by atoms with E-state index in [1.165, 1.54) is 24.3 Å². The highest BCUT2D eigenvalue weighted by molar-refractivity contribution is 6.30. The minimum atomic E-state index is -0.377. The fourth-order valence-corrected chi connectivity index (χ4v) is 5.68. The normalized spacial score (nSPS) is 20.6. The largest absolute Gasteiger partial charge is 0.474 e. The maximum absolute atomic E-state index is 13.3. The standard InChI is InChI=1S/C29H27ClFN5O2/c30-21-8-13-25-20(15-21)16-23(33-29(37)19-4-9-22(31)10-5-19)17-26-34-35-28(36(25)26)18-6-11-24(12-7-18)38-27-3-1-2-14-32-27/h1-5,8-10,13-15,18,23-24H,6-7,11-12,16-17H2,(H,33,37)/t18-,23-,24-/m0/s1. The van der Waals surface area contributed by atoms with E-state index in [1.807, 2.05) is 36.4 Å². The van der Waals surface area contributed by atoms with Gasteiger partial charge in [0.1, 0.15) is 23.6 Å². The number of amides is 1. The van der Waals surface area contributed by atoms with Crippen molar-refractivity contribution >= 4 is 17.5 Å². The summed E-state index contributed by atoms with van der Waals surface area (Å²) in [5.41, 5.74) is 2.43. The molecule has 2 aliphatic rings. The Labute approximate surface area is 225 Å². The Morgan fingerprint density at radius 3 is 2.58 bits per heavy atom. The lowest BCUT2D eigenvalue weighted by atomic mass is 9.86. The second-order valence-electron chi connectivity index (χ2n) is 9.93. The summed E-state index contributed by atoms with van der Waals surface area (Å²) in [5.74, 6) is 2.01. The maximum Gasteiger partial charge on any atom is 0.251 e. The first-order valence-corrected chi connectivity index (χ1v) is 13.3. The van der Waals surface area contributed by atoms with Gasteiger partial charge in [0.05, 0.1) is 5.69 Å². The summed E-state index contributed by atoms with van der Waals surface area (Å²) < 4.78 is 21.6. The number of fused-ring (bicyclic) bond motifs is 3. The van der Waals surface area contributed by atoms with Crippen LogP contribution in [0.1, 0.15) is 59.2 Å². The van der Waals surface area contributed by atoms with E-state index >= 15 is 0 Å². The lowest BCUT2D eigenvalue weighted by Gasteiger charge is -2.28. The van der Waals surface area contributed by atoms with Gasteiger partial charge in [-0.15, -0.1) is 10.2 Å². The number of aromatic nitrogens is 4. The van der Waals surface area contributed by atoms with Gasteiger partial charge in [0, 0.05) is 41.2 Å². The van der Waals surface area contributed by atoms with E-state index in [0.29, 0.717) is 29.3 Å². The van der Waals surface area contributed by atoms with E-state index in [4.69, 9.17) is 16.3 Å². The van der Waals surface area contributed by atoms with Gasteiger partial charge in [-0.2, -0.15) is 0 Å². The number of hydrogen-bond acceptors (Lipinski definition) is 5. The molecule has 9 heteroatoms. The SMILES string of the molecule is O=C(N[C@H]1Cc2cc(Cl)ccc2-n2c(nnc2[C@H]2CC[C@H](Oc3ccccn3)CC2)C1)c1ccc(F)cc1. The van der Waals surface area contributed by atoms with Crippen molar-refractivity contribution in [3.05, 3.63) is 100 Å². The van der Waals surface area contributed by atoms with Crippen LogP contribution >= 0.6 is 11.6 Å². The van der Waals surface area contributed by atoms with Gasteiger partial charge >= 0.3 is 0 Å². The number of ether oxygens (including phenoxy) is 1. The van der Waals surface area contributed by atoms with E-state index < -0.39 is 0 Å². The van der Waals surface area contributed by atoms with Gasteiger partial charge in [-0.05, 0) is 86.2 Å². The summed E-state index contributed by atoms with van der Waals surface area (Å²) in [6.07, 6.45) is 6.67. The third-order valence-electron chi connectivity index (χ3n) is 7.34. The second kappa shape index (κ2) is 10.5. The lowest BCUT2D eigenvalue weighted by Crippen LogP contribution is -2.38. The molecule has 1 N–H and O–H groups in total. The van der Waals surface area contributed by atoms with E-state index in [-0.39, 0.29) is 29.8 Å². The third-order valence-corrected chi connectivity index (χ3v) is 7.57. The second-order valence-corrected chi connectivity index (χ2v) is 10.4. The highest BCUT2D eigenvalue weighted by Crippen LogP contribution is 2.37. The van der Waals surface area contributed by atoms with E-state index in [0.717, 1.165) is 48.6 Å². The molecule has 1 fully saturated rings. The number of carbonyl (C=O) groups is 1. The van der Waals surface area contributed by atoms with Crippen molar-refractivity contribution in [2.24, 2.45) is 0 Å². The van der Waals surface area contributed by atoms with Crippen LogP contribution in [0.4, 0.5) is 4.39 Å². The molecule has 1 aliphatic heterocycles. The first-order chi connectivity index (χ1) is 18.5. The molecule has 0 bridgehead atoms. The van der Waals surface area contributed by atoms with Crippen LogP contribution in [0.25, 0.3) is 5.69 Å². The number of benzene rings is 2.